The lowest BCUT2D eigenvalue weighted by Crippen LogP contribution is -2.26. The number of nitro groups is 1. The molecule has 0 saturated carbocycles. The van der Waals surface area contributed by atoms with E-state index in [4.69, 9.17) is 9.84 Å². The lowest BCUT2D eigenvalue weighted by atomic mass is 10.1. The second-order valence-electron chi connectivity index (χ2n) is 4.22. The van der Waals surface area contributed by atoms with Crippen LogP contribution in [0.5, 0.6) is 0 Å². The van der Waals surface area contributed by atoms with E-state index in [1.165, 1.54) is 12.1 Å². The first-order chi connectivity index (χ1) is 9.56. The summed E-state index contributed by atoms with van der Waals surface area (Å²) in [5.41, 5.74) is 0.642. The molecular weight excluding hydrogens is 264 g/mol. The molecule has 20 heavy (non-hydrogen) atoms. The van der Waals surface area contributed by atoms with Crippen LogP contribution in [0.25, 0.3) is 0 Å². The largest absolute Gasteiger partial charge is 0.394 e. The minimum atomic E-state index is -0.571. The number of carbonyl (C=O) groups excluding carboxylic acids is 1. The molecule has 0 saturated heterocycles. The maximum Gasteiger partial charge on any atom is 0.282 e. The van der Waals surface area contributed by atoms with Gasteiger partial charge in [0.2, 0.25) is 0 Å². The van der Waals surface area contributed by atoms with Crippen molar-refractivity contribution in [2.75, 3.05) is 26.4 Å². The fourth-order valence-corrected chi connectivity index (χ4v) is 1.63. The molecule has 0 aliphatic heterocycles. The molecule has 0 unspecified atom stereocenters. The normalized spacial score (nSPS) is 10.3. The number of aryl methyl sites for hydroxylation is 1. The molecule has 110 valence electrons. The van der Waals surface area contributed by atoms with Crippen molar-refractivity contribution in [2.45, 2.75) is 13.3 Å². The van der Waals surface area contributed by atoms with E-state index in [1.54, 1.807) is 13.0 Å². The predicted octanol–water partition coefficient (Wildman–Crippen LogP) is 1.03. The first-order valence-corrected chi connectivity index (χ1v) is 6.28. The number of hydrogen-bond acceptors (Lipinski definition) is 5. The third-order valence-corrected chi connectivity index (χ3v) is 2.58. The Bertz CT molecular complexity index is 476. The van der Waals surface area contributed by atoms with Crippen LogP contribution >= 0.6 is 0 Å². The van der Waals surface area contributed by atoms with Gasteiger partial charge in [-0.2, -0.15) is 0 Å². The molecule has 1 amide bonds. The summed E-state index contributed by atoms with van der Waals surface area (Å²) in [6.45, 7) is 2.76. The predicted molar refractivity (Wildman–Crippen MR) is 72.7 cm³/mol. The zero-order chi connectivity index (χ0) is 15.0. The highest BCUT2D eigenvalue weighted by Crippen LogP contribution is 2.19. The number of nitrogens with one attached hydrogen (secondary N) is 1. The summed E-state index contributed by atoms with van der Waals surface area (Å²) in [6, 6.07) is 4.42. The number of amides is 1. The maximum absolute atomic E-state index is 11.9. The number of ether oxygens (including phenoxy) is 1. The quantitative estimate of drug-likeness (QED) is 0.421. The highest BCUT2D eigenvalue weighted by molar-refractivity contribution is 5.98. The van der Waals surface area contributed by atoms with E-state index >= 15 is 0 Å². The molecule has 1 rings (SSSR count). The minimum Gasteiger partial charge on any atom is -0.394 e. The van der Waals surface area contributed by atoms with Gasteiger partial charge < -0.3 is 15.2 Å². The second-order valence-corrected chi connectivity index (χ2v) is 4.22. The van der Waals surface area contributed by atoms with Crippen LogP contribution in [0.1, 0.15) is 22.3 Å². The molecule has 0 radical (unpaired) electrons. The molecule has 0 aliphatic rings. The molecule has 0 aromatic heterocycles. The van der Waals surface area contributed by atoms with Gasteiger partial charge in [-0.1, -0.05) is 6.07 Å². The zero-order valence-electron chi connectivity index (χ0n) is 11.3. The summed E-state index contributed by atoms with van der Waals surface area (Å²) in [5, 5.41) is 22.0. The molecular formula is C13H18N2O5. The number of benzene rings is 1. The molecule has 0 fully saturated rings. The zero-order valence-corrected chi connectivity index (χ0v) is 11.3. The van der Waals surface area contributed by atoms with Gasteiger partial charge in [0.15, 0.2) is 0 Å². The van der Waals surface area contributed by atoms with Crippen LogP contribution in [-0.2, 0) is 4.74 Å². The molecule has 0 bridgehead atoms. The number of hydrogen-bond donors (Lipinski definition) is 2. The van der Waals surface area contributed by atoms with Gasteiger partial charge in [-0.05, 0) is 25.0 Å². The number of rotatable bonds is 8. The van der Waals surface area contributed by atoms with Crippen molar-refractivity contribution in [1.29, 1.82) is 0 Å². The van der Waals surface area contributed by atoms with Crippen LogP contribution in [0.3, 0.4) is 0 Å². The lowest BCUT2D eigenvalue weighted by molar-refractivity contribution is -0.385. The molecule has 0 spiro atoms. The third kappa shape index (κ3) is 4.94. The van der Waals surface area contributed by atoms with E-state index in [1.807, 2.05) is 0 Å². The van der Waals surface area contributed by atoms with Crippen molar-refractivity contribution in [1.82, 2.24) is 5.32 Å². The Morgan fingerprint density at radius 3 is 2.85 bits per heavy atom. The summed E-state index contributed by atoms with van der Waals surface area (Å²) in [5.74, 6) is -0.470. The van der Waals surface area contributed by atoms with Crippen LogP contribution in [0.4, 0.5) is 5.69 Å². The molecule has 7 heteroatoms. The highest BCUT2D eigenvalue weighted by Gasteiger charge is 2.19. The Morgan fingerprint density at radius 2 is 2.20 bits per heavy atom. The van der Waals surface area contributed by atoms with Gasteiger partial charge in [-0.25, -0.2) is 0 Å². The van der Waals surface area contributed by atoms with E-state index in [0.29, 0.717) is 19.6 Å². The fourth-order valence-electron chi connectivity index (χ4n) is 1.63. The van der Waals surface area contributed by atoms with E-state index in [-0.39, 0.29) is 24.5 Å². The van der Waals surface area contributed by atoms with E-state index in [2.05, 4.69) is 5.32 Å². The fraction of sp³-hybridized carbons (Fsp3) is 0.462. The van der Waals surface area contributed by atoms with Gasteiger partial charge >= 0.3 is 0 Å². The Kier molecular flexibility index (Phi) is 6.61. The van der Waals surface area contributed by atoms with Crippen molar-refractivity contribution in [3.8, 4) is 0 Å². The van der Waals surface area contributed by atoms with Gasteiger partial charge in [-0.3, -0.25) is 14.9 Å². The molecule has 1 aromatic carbocycles. The van der Waals surface area contributed by atoms with Crippen LogP contribution in [-0.4, -0.2) is 42.3 Å². The molecule has 2 N–H and O–H groups in total. The number of nitro benzene ring substituents is 1. The Morgan fingerprint density at radius 1 is 1.45 bits per heavy atom. The number of aliphatic hydroxyl groups excluding tert-OH is 1. The smallest absolute Gasteiger partial charge is 0.282 e. The van der Waals surface area contributed by atoms with Crippen LogP contribution in [0.15, 0.2) is 18.2 Å². The lowest BCUT2D eigenvalue weighted by Gasteiger charge is -2.07. The van der Waals surface area contributed by atoms with Crippen molar-refractivity contribution in [3.05, 3.63) is 39.4 Å². The number of aliphatic hydroxyl groups is 1. The number of carbonyl (C=O) groups is 1. The molecule has 0 heterocycles. The van der Waals surface area contributed by atoms with Gasteiger partial charge in [0, 0.05) is 19.2 Å². The monoisotopic (exact) mass is 282 g/mol. The van der Waals surface area contributed by atoms with Crippen molar-refractivity contribution < 1.29 is 19.6 Å². The second kappa shape index (κ2) is 8.23. The first-order valence-electron chi connectivity index (χ1n) is 6.28. The number of nitrogens with zero attached hydrogens (tertiary/aromatic N) is 1. The van der Waals surface area contributed by atoms with Gasteiger partial charge in [-0.15, -0.1) is 0 Å². The average molecular weight is 282 g/mol. The topological polar surface area (TPSA) is 102 Å². The van der Waals surface area contributed by atoms with Crippen LogP contribution in [0.2, 0.25) is 0 Å². The molecule has 0 aliphatic carbocycles. The highest BCUT2D eigenvalue weighted by atomic mass is 16.6. The average Bonchev–Trinajstić information content (AvgIpc) is 2.42. The third-order valence-electron chi connectivity index (χ3n) is 2.58. The van der Waals surface area contributed by atoms with Gasteiger partial charge in [0.1, 0.15) is 5.56 Å². The Hall–Kier alpha value is -1.99. The van der Waals surface area contributed by atoms with E-state index < -0.39 is 10.8 Å². The first kappa shape index (κ1) is 16.1. The summed E-state index contributed by atoms with van der Waals surface area (Å²) in [7, 11) is 0. The van der Waals surface area contributed by atoms with E-state index in [0.717, 1.165) is 5.56 Å². The van der Waals surface area contributed by atoms with Crippen LogP contribution in [0, 0.1) is 17.0 Å². The molecule has 0 atom stereocenters. The minimum absolute atomic E-state index is 0.0398. The Balaban J connectivity index is 2.54. The summed E-state index contributed by atoms with van der Waals surface area (Å²) >= 11 is 0. The van der Waals surface area contributed by atoms with E-state index in [9.17, 15) is 14.9 Å². The maximum atomic E-state index is 11.9. The molecule has 7 nitrogen and oxygen atoms in total. The summed E-state index contributed by atoms with van der Waals surface area (Å²) in [6.07, 6.45) is 0.575. The Labute approximate surface area is 116 Å². The van der Waals surface area contributed by atoms with Crippen LogP contribution < -0.4 is 5.32 Å². The van der Waals surface area contributed by atoms with Crippen molar-refractivity contribution in [2.24, 2.45) is 0 Å². The van der Waals surface area contributed by atoms with Gasteiger partial charge in [0.05, 0.1) is 18.1 Å². The molecule has 1 aromatic rings. The van der Waals surface area contributed by atoms with Gasteiger partial charge in [0.25, 0.3) is 11.6 Å². The SMILES string of the molecule is Cc1ccc([N+](=O)[O-])c(C(=O)NCCCOCCO)c1. The summed E-state index contributed by atoms with van der Waals surface area (Å²) in [4.78, 5) is 22.2. The van der Waals surface area contributed by atoms with Crippen molar-refractivity contribution >= 4 is 11.6 Å². The standard InChI is InChI=1S/C13H18N2O5/c1-10-3-4-12(15(18)19)11(9-10)13(17)14-5-2-7-20-8-6-16/h3-4,9,16H,2,5-8H2,1H3,(H,14,17). The summed E-state index contributed by atoms with van der Waals surface area (Å²) < 4.78 is 5.04. The van der Waals surface area contributed by atoms with Crippen molar-refractivity contribution in [3.63, 3.8) is 0 Å².